The van der Waals surface area contributed by atoms with Gasteiger partial charge in [0.2, 0.25) is 6.33 Å². The number of sulfonamides is 2. The van der Waals surface area contributed by atoms with Gasteiger partial charge in [-0.1, -0.05) is 30.9 Å². The minimum absolute atomic E-state index is 0.778. The Hall–Kier alpha value is -2.39. The number of imidazole rings is 1. The van der Waals surface area contributed by atoms with Gasteiger partial charge < -0.3 is 4.13 Å². The zero-order chi connectivity index (χ0) is 22.5. The van der Waals surface area contributed by atoms with E-state index < -0.39 is 31.1 Å². The highest BCUT2D eigenvalue weighted by atomic mass is 32.3. The lowest BCUT2D eigenvalue weighted by Crippen LogP contribution is -2.30. The van der Waals surface area contributed by atoms with E-state index in [0.717, 1.165) is 10.7 Å². The number of alkyl halides is 6. The summed E-state index contributed by atoms with van der Waals surface area (Å²) in [6.45, 7) is 4.55. The van der Waals surface area contributed by atoms with Crippen LogP contribution in [0.3, 0.4) is 0 Å². The van der Waals surface area contributed by atoms with Crippen LogP contribution < -0.4 is 4.57 Å². The summed E-state index contributed by atoms with van der Waals surface area (Å²) in [7, 11) is -13.4. The molecule has 15 heteroatoms. The summed E-state index contributed by atoms with van der Waals surface area (Å²) in [4.78, 5) is 0. The van der Waals surface area contributed by atoms with E-state index in [0.29, 0.717) is 0 Å². The molecule has 0 atom stereocenters. The highest BCUT2D eigenvalue weighted by Crippen LogP contribution is 2.36. The van der Waals surface area contributed by atoms with Gasteiger partial charge in [-0.3, -0.25) is 0 Å². The molecule has 7 nitrogen and oxygen atoms in total. The second kappa shape index (κ2) is 8.96. The molecule has 0 aliphatic heterocycles. The minimum atomic E-state index is -6.72. The molecule has 0 aliphatic rings. The fourth-order valence-electron chi connectivity index (χ4n) is 1.62. The molecule has 0 aliphatic carbocycles. The maximum atomic E-state index is 11.4. The van der Waals surface area contributed by atoms with Crippen molar-refractivity contribution < 1.29 is 47.7 Å². The van der Waals surface area contributed by atoms with E-state index in [4.69, 9.17) is 0 Å². The van der Waals surface area contributed by atoms with Crippen LogP contribution in [-0.2, 0) is 26.6 Å². The number of hydrogen-bond donors (Lipinski definition) is 0. The molecule has 0 unspecified atom stereocenters. The third-order valence-electron chi connectivity index (χ3n) is 2.87. The number of para-hydroxylation sites is 1. The largest absolute Gasteiger partial charge is 0.480 e. The molecule has 2 rings (SSSR count). The normalized spacial score (nSPS) is 12.8. The summed E-state index contributed by atoms with van der Waals surface area (Å²) in [5.74, 6) is 0. The van der Waals surface area contributed by atoms with Crippen molar-refractivity contribution >= 4 is 20.0 Å². The Balaban J connectivity index is 0.000000290. The quantitative estimate of drug-likeness (QED) is 0.386. The Kier molecular flexibility index (Phi) is 7.61. The van der Waals surface area contributed by atoms with Crippen molar-refractivity contribution in [2.75, 3.05) is 0 Å². The lowest BCUT2D eigenvalue weighted by Gasteiger charge is -2.22. The molecule has 1 heterocycles. The molecule has 1 aromatic carbocycles. The van der Waals surface area contributed by atoms with Crippen LogP contribution >= 0.6 is 0 Å². The van der Waals surface area contributed by atoms with Crippen molar-refractivity contribution in [3.05, 3.63) is 65.8 Å². The molecule has 162 valence electrons. The SMILES string of the molecule is C=CC[n+]1ccn(-c2ccccc2)c1.O=S(=O)([N-]S(=O)(=O)C(F)(F)F)C(F)(F)F. The van der Waals surface area contributed by atoms with Crippen LogP contribution in [0.2, 0.25) is 0 Å². The summed E-state index contributed by atoms with van der Waals surface area (Å²) in [6.07, 6.45) is 8.01. The molecular formula is C14H13F6N3O4S2. The predicted octanol–water partition coefficient (Wildman–Crippen LogP) is 3.01. The van der Waals surface area contributed by atoms with Crippen molar-refractivity contribution in [2.45, 2.75) is 17.6 Å². The van der Waals surface area contributed by atoms with E-state index in [-0.39, 0.29) is 0 Å². The molecule has 0 spiro atoms. The number of hydrogen-bond acceptors (Lipinski definition) is 4. The first kappa shape index (κ1) is 24.6. The van der Waals surface area contributed by atoms with Crippen molar-refractivity contribution in [3.63, 3.8) is 0 Å². The van der Waals surface area contributed by atoms with Gasteiger partial charge in [0.1, 0.15) is 24.6 Å². The Bertz CT molecular complexity index is 987. The summed E-state index contributed by atoms with van der Waals surface area (Å²) < 4.78 is 113. The van der Waals surface area contributed by atoms with Gasteiger partial charge in [-0.2, -0.15) is 26.3 Å². The van der Waals surface area contributed by atoms with Gasteiger partial charge in [-0.05, 0) is 12.1 Å². The second-order valence-electron chi connectivity index (χ2n) is 5.06. The summed E-state index contributed by atoms with van der Waals surface area (Å²) in [5, 5.41) is 0. The maximum absolute atomic E-state index is 11.4. The highest BCUT2D eigenvalue weighted by molar-refractivity contribution is 8.13. The van der Waals surface area contributed by atoms with Crippen molar-refractivity contribution in [2.24, 2.45) is 0 Å². The molecule has 1 aromatic heterocycles. The lowest BCUT2D eigenvalue weighted by atomic mass is 10.3. The van der Waals surface area contributed by atoms with Crippen LogP contribution in [0, 0.1) is 0 Å². The zero-order valence-electron chi connectivity index (χ0n) is 14.2. The third kappa shape index (κ3) is 6.86. The predicted molar refractivity (Wildman–Crippen MR) is 89.5 cm³/mol. The van der Waals surface area contributed by atoms with E-state index in [1.807, 2.05) is 36.7 Å². The number of rotatable bonds is 5. The first-order chi connectivity index (χ1) is 13.1. The van der Waals surface area contributed by atoms with Gasteiger partial charge in [0.15, 0.2) is 20.0 Å². The van der Waals surface area contributed by atoms with Gasteiger partial charge in [0.05, 0.1) is 0 Å². The van der Waals surface area contributed by atoms with Gasteiger partial charge >= 0.3 is 11.0 Å². The first-order valence-corrected chi connectivity index (χ1v) is 10.1. The number of aromatic nitrogens is 2. The van der Waals surface area contributed by atoms with Gasteiger partial charge in [-0.25, -0.2) is 26.0 Å². The molecule has 0 saturated heterocycles. The van der Waals surface area contributed by atoms with Gasteiger partial charge in [0.25, 0.3) is 0 Å². The second-order valence-corrected chi connectivity index (χ2v) is 8.48. The number of benzene rings is 1. The molecule has 29 heavy (non-hydrogen) atoms. The third-order valence-corrected chi connectivity index (χ3v) is 5.61. The Morgan fingerprint density at radius 2 is 1.45 bits per heavy atom. The molecule has 0 saturated carbocycles. The maximum Gasteiger partial charge on any atom is 0.480 e. The topological polar surface area (TPSA) is 91.2 Å². The first-order valence-electron chi connectivity index (χ1n) is 7.21. The highest BCUT2D eigenvalue weighted by Gasteiger charge is 2.46. The minimum Gasteiger partial charge on any atom is -0.421 e. The zero-order valence-corrected chi connectivity index (χ0v) is 15.8. The lowest BCUT2D eigenvalue weighted by molar-refractivity contribution is -0.686. The fourth-order valence-corrected chi connectivity index (χ4v) is 3.33. The van der Waals surface area contributed by atoms with Crippen LogP contribution in [0.5, 0.6) is 0 Å². The van der Waals surface area contributed by atoms with E-state index in [2.05, 4.69) is 34.2 Å². The monoisotopic (exact) mass is 465 g/mol. The molecule has 0 radical (unpaired) electrons. The number of halogens is 6. The summed E-state index contributed by atoms with van der Waals surface area (Å²) in [6, 6.07) is 10.3. The van der Waals surface area contributed by atoms with Crippen molar-refractivity contribution in [3.8, 4) is 5.69 Å². The summed E-state index contributed by atoms with van der Waals surface area (Å²) in [5.41, 5.74) is -11.2. The van der Waals surface area contributed by atoms with E-state index in [1.54, 1.807) is 0 Å². The smallest absolute Gasteiger partial charge is 0.421 e. The van der Waals surface area contributed by atoms with Gasteiger partial charge in [0, 0.05) is 0 Å². The van der Waals surface area contributed by atoms with E-state index in [9.17, 15) is 43.2 Å². The van der Waals surface area contributed by atoms with Gasteiger partial charge in [-0.15, -0.1) is 0 Å². The Morgan fingerprint density at radius 3 is 1.86 bits per heavy atom. The van der Waals surface area contributed by atoms with Crippen LogP contribution in [0.25, 0.3) is 9.81 Å². The Morgan fingerprint density at radius 1 is 0.966 bits per heavy atom. The average molecular weight is 465 g/mol. The van der Waals surface area contributed by atoms with Crippen molar-refractivity contribution in [1.29, 1.82) is 0 Å². The molecule has 0 amide bonds. The summed E-state index contributed by atoms with van der Waals surface area (Å²) >= 11 is 0. The molecule has 0 fully saturated rings. The standard InChI is InChI=1S/C12H13N2.C2F6NO4S2/c1-2-8-13-9-10-14(11-13)12-6-4-3-5-7-12;3-1(4,5)14(10,11)9-15(12,13)2(6,7)8/h2-7,9-11H,1,8H2;/q+1;-1. The number of nitrogens with zero attached hydrogens (tertiary/aromatic N) is 3. The van der Waals surface area contributed by atoms with Crippen LogP contribution in [0.15, 0.2) is 61.7 Å². The molecular weight excluding hydrogens is 452 g/mol. The van der Waals surface area contributed by atoms with Crippen LogP contribution in [0.1, 0.15) is 0 Å². The molecule has 0 N–H and O–H groups in total. The van der Waals surface area contributed by atoms with E-state index >= 15 is 0 Å². The molecule has 0 bridgehead atoms. The fraction of sp³-hybridized carbons (Fsp3) is 0.214. The number of allylic oxidation sites excluding steroid dienone is 1. The van der Waals surface area contributed by atoms with Crippen LogP contribution in [0.4, 0.5) is 26.3 Å². The van der Waals surface area contributed by atoms with Crippen LogP contribution in [-0.4, -0.2) is 32.4 Å². The Labute approximate surface area is 162 Å². The van der Waals surface area contributed by atoms with E-state index in [1.165, 1.54) is 5.69 Å². The molecule has 2 aromatic rings. The average Bonchev–Trinajstić information content (AvgIpc) is 3.02. The van der Waals surface area contributed by atoms with Crippen molar-refractivity contribution in [1.82, 2.24) is 4.57 Å².